The standard InChI is InChI=1S/C13H20F2IN3O/c1-3-6-17-13-12(16)9(4-2)18-11(19-13)5-7-20-8-10(14)15/h10H,3-8H2,1-2H3,(H,17,18,19). The van der Waals surface area contributed by atoms with Crippen molar-refractivity contribution in [3.8, 4) is 0 Å². The molecule has 1 aromatic rings. The number of halogens is 3. The summed E-state index contributed by atoms with van der Waals surface area (Å²) < 4.78 is 29.8. The Balaban J connectivity index is 2.69. The summed E-state index contributed by atoms with van der Waals surface area (Å²) >= 11 is 2.23. The van der Waals surface area contributed by atoms with Gasteiger partial charge in [0.05, 0.1) is 15.9 Å². The number of aromatic nitrogens is 2. The molecule has 1 heterocycles. The summed E-state index contributed by atoms with van der Waals surface area (Å²) in [5, 5.41) is 3.27. The Labute approximate surface area is 131 Å². The first kappa shape index (κ1) is 17.5. The molecule has 114 valence electrons. The van der Waals surface area contributed by atoms with Crippen molar-refractivity contribution in [2.24, 2.45) is 0 Å². The van der Waals surface area contributed by atoms with Crippen LogP contribution in [0, 0.1) is 3.57 Å². The van der Waals surface area contributed by atoms with Gasteiger partial charge < -0.3 is 10.1 Å². The molecule has 0 radical (unpaired) electrons. The third-order valence-corrected chi connectivity index (χ3v) is 3.69. The Morgan fingerprint density at radius 1 is 1.30 bits per heavy atom. The van der Waals surface area contributed by atoms with Crippen LogP contribution in [0.1, 0.15) is 31.8 Å². The van der Waals surface area contributed by atoms with Crippen LogP contribution >= 0.6 is 22.6 Å². The van der Waals surface area contributed by atoms with Crippen molar-refractivity contribution in [2.75, 3.05) is 25.1 Å². The summed E-state index contributed by atoms with van der Waals surface area (Å²) in [5.41, 5.74) is 0.975. The first-order chi connectivity index (χ1) is 9.58. The van der Waals surface area contributed by atoms with Crippen LogP contribution in [0.25, 0.3) is 0 Å². The van der Waals surface area contributed by atoms with Crippen molar-refractivity contribution < 1.29 is 13.5 Å². The van der Waals surface area contributed by atoms with E-state index in [9.17, 15) is 8.78 Å². The molecule has 0 aliphatic heterocycles. The number of hydrogen-bond acceptors (Lipinski definition) is 4. The van der Waals surface area contributed by atoms with Crippen molar-refractivity contribution in [2.45, 2.75) is 39.5 Å². The van der Waals surface area contributed by atoms with Crippen molar-refractivity contribution in [1.82, 2.24) is 9.97 Å². The largest absolute Gasteiger partial charge is 0.375 e. The number of aryl methyl sites for hydroxylation is 1. The Bertz CT molecular complexity index is 419. The van der Waals surface area contributed by atoms with Gasteiger partial charge in [0, 0.05) is 13.0 Å². The molecule has 4 nitrogen and oxygen atoms in total. The fourth-order valence-corrected chi connectivity index (χ4v) is 2.40. The lowest BCUT2D eigenvalue weighted by atomic mass is 10.3. The number of nitrogens with zero attached hydrogens (tertiary/aromatic N) is 2. The summed E-state index contributed by atoms with van der Waals surface area (Å²) in [5.74, 6) is 1.46. The lowest BCUT2D eigenvalue weighted by molar-refractivity contribution is 0.0183. The van der Waals surface area contributed by atoms with E-state index in [2.05, 4.69) is 44.8 Å². The summed E-state index contributed by atoms with van der Waals surface area (Å²) in [6, 6.07) is 0. The molecule has 0 atom stereocenters. The highest BCUT2D eigenvalue weighted by atomic mass is 127. The van der Waals surface area contributed by atoms with E-state index >= 15 is 0 Å². The van der Waals surface area contributed by atoms with Gasteiger partial charge in [-0.15, -0.1) is 0 Å². The maximum absolute atomic E-state index is 12.0. The topological polar surface area (TPSA) is 47.0 Å². The fourth-order valence-electron chi connectivity index (χ4n) is 1.59. The quantitative estimate of drug-likeness (QED) is 0.512. The molecule has 0 amide bonds. The molecule has 0 spiro atoms. The van der Waals surface area contributed by atoms with E-state index in [0.717, 1.165) is 34.5 Å². The zero-order chi connectivity index (χ0) is 15.0. The van der Waals surface area contributed by atoms with Gasteiger partial charge in [-0.05, 0) is 35.4 Å². The van der Waals surface area contributed by atoms with E-state index < -0.39 is 13.0 Å². The minimum atomic E-state index is -2.43. The van der Waals surface area contributed by atoms with Crippen molar-refractivity contribution in [1.29, 1.82) is 0 Å². The van der Waals surface area contributed by atoms with Gasteiger partial charge in [-0.1, -0.05) is 13.8 Å². The van der Waals surface area contributed by atoms with Gasteiger partial charge in [0.2, 0.25) is 0 Å². The molecule has 7 heteroatoms. The predicted molar refractivity (Wildman–Crippen MR) is 83.4 cm³/mol. The first-order valence-electron chi connectivity index (χ1n) is 6.73. The van der Waals surface area contributed by atoms with Crippen LogP contribution < -0.4 is 5.32 Å². The van der Waals surface area contributed by atoms with Crippen LogP contribution in [0.4, 0.5) is 14.6 Å². The van der Waals surface area contributed by atoms with E-state index in [4.69, 9.17) is 4.74 Å². The number of rotatable bonds is 9. The average molecular weight is 399 g/mol. The molecule has 1 aromatic heterocycles. The first-order valence-corrected chi connectivity index (χ1v) is 7.81. The average Bonchev–Trinajstić information content (AvgIpc) is 2.43. The highest BCUT2D eigenvalue weighted by molar-refractivity contribution is 14.1. The molecular weight excluding hydrogens is 379 g/mol. The zero-order valence-corrected chi connectivity index (χ0v) is 13.9. The molecule has 0 fully saturated rings. The molecule has 1 N–H and O–H groups in total. The lowest BCUT2D eigenvalue weighted by Gasteiger charge is -2.12. The minimum absolute atomic E-state index is 0.210. The van der Waals surface area contributed by atoms with Crippen LogP contribution in [0.3, 0.4) is 0 Å². The van der Waals surface area contributed by atoms with E-state index in [1.165, 1.54) is 0 Å². The normalized spacial score (nSPS) is 11.1. The molecule has 0 bridgehead atoms. The van der Waals surface area contributed by atoms with Gasteiger partial charge in [0.15, 0.2) is 0 Å². The highest BCUT2D eigenvalue weighted by Crippen LogP contribution is 2.20. The SMILES string of the molecule is CCCNc1nc(CCOCC(F)F)nc(CC)c1I. The Hall–Kier alpha value is -0.570. The Morgan fingerprint density at radius 3 is 2.65 bits per heavy atom. The van der Waals surface area contributed by atoms with Gasteiger partial charge in [-0.25, -0.2) is 18.7 Å². The second kappa shape index (κ2) is 9.38. The molecule has 0 unspecified atom stereocenters. The third kappa shape index (κ3) is 5.82. The summed E-state index contributed by atoms with van der Waals surface area (Å²) in [6.07, 6.45) is -0.168. The van der Waals surface area contributed by atoms with Gasteiger partial charge in [-0.3, -0.25) is 0 Å². The minimum Gasteiger partial charge on any atom is -0.375 e. The second-order valence-electron chi connectivity index (χ2n) is 4.25. The number of nitrogens with one attached hydrogen (secondary N) is 1. The van der Waals surface area contributed by atoms with Crippen molar-refractivity contribution >= 4 is 28.4 Å². The van der Waals surface area contributed by atoms with E-state index in [1.807, 2.05) is 6.92 Å². The summed E-state index contributed by atoms with van der Waals surface area (Å²) in [6.45, 7) is 4.64. The van der Waals surface area contributed by atoms with Crippen LogP contribution in [0.5, 0.6) is 0 Å². The third-order valence-electron chi connectivity index (χ3n) is 2.56. The van der Waals surface area contributed by atoms with Gasteiger partial charge in [0.1, 0.15) is 18.2 Å². The molecular formula is C13H20F2IN3O. The van der Waals surface area contributed by atoms with Crippen LogP contribution in [0.2, 0.25) is 0 Å². The number of ether oxygens (including phenoxy) is 1. The van der Waals surface area contributed by atoms with Crippen molar-refractivity contribution in [3.63, 3.8) is 0 Å². The Morgan fingerprint density at radius 2 is 2.05 bits per heavy atom. The van der Waals surface area contributed by atoms with Gasteiger partial charge >= 0.3 is 0 Å². The van der Waals surface area contributed by atoms with E-state index in [-0.39, 0.29) is 6.61 Å². The fraction of sp³-hybridized carbons (Fsp3) is 0.692. The predicted octanol–water partition coefficient (Wildman–Crippen LogP) is 3.29. The summed E-state index contributed by atoms with van der Waals surface area (Å²) in [7, 11) is 0. The van der Waals surface area contributed by atoms with Crippen LogP contribution in [-0.2, 0) is 17.6 Å². The Kier molecular flexibility index (Phi) is 8.20. The smallest absolute Gasteiger partial charge is 0.261 e. The molecule has 0 saturated heterocycles. The molecule has 1 rings (SSSR count). The van der Waals surface area contributed by atoms with Gasteiger partial charge in [-0.2, -0.15) is 0 Å². The van der Waals surface area contributed by atoms with Gasteiger partial charge in [0.25, 0.3) is 6.43 Å². The van der Waals surface area contributed by atoms with Crippen molar-refractivity contribution in [3.05, 3.63) is 15.1 Å². The maximum atomic E-state index is 12.0. The maximum Gasteiger partial charge on any atom is 0.261 e. The van der Waals surface area contributed by atoms with Crippen LogP contribution in [0.15, 0.2) is 0 Å². The molecule has 0 aliphatic carbocycles. The molecule has 0 aliphatic rings. The number of alkyl halides is 2. The second-order valence-corrected chi connectivity index (χ2v) is 5.32. The summed E-state index contributed by atoms with van der Waals surface area (Å²) in [4.78, 5) is 8.89. The van der Waals surface area contributed by atoms with E-state index in [0.29, 0.717) is 12.2 Å². The molecule has 0 aromatic carbocycles. The molecule has 20 heavy (non-hydrogen) atoms. The zero-order valence-electron chi connectivity index (χ0n) is 11.8. The van der Waals surface area contributed by atoms with E-state index in [1.54, 1.807) is 0 Å². The number of anilines is 1. The highest BCUT2D eigenvalue weighted by Gasteiger charge is 2.11. The number of hydrogen-bond donors (Lipinski definition) is 1. The monoisotopic (exact) mass is 399 g/mol. The lowest BCUT2D eigenvalue weighted by Crippen LogP contribution is -2.13. The van der Waals surface area contributed by atoms with Crippen LogP contribution in [-0.4, -0.2) is 36.2 Å². The molecule has 0 saturated carbocycles.